The zero-order valence-electron chi connectivity index (χ0n) is 18.3. The summed E-state index contributed by atoms with van der Waals surface area (Å²) < 4.78 is 0. The third kappa shape index (κ3) is 5.35. The molecule has 0 saturated carbocycles. The third-order valence-electron chi connectivity index (χ3n) is 4.96. The number of thiazole rings is 1. The maximum Gasteiger partial charge on any atom is 0.325 e. The van der Waals surface area contributed by atoms with Crippen LogP contribution in [0.4, 0.5) is 15.6 Å². The Balaban J connectivity index is 1.41. The predicted molar refractivity (Wildman–Crippen MR) is 126 cm³/mol. The summed E-state index contributed by atoms with van der Waals surface area (Å²) >= 11 is 1.33. The number of fused-ring (bicyclic) bond motifs is 1. The van der Waals surface area contributed by atoms with E-state index in [9.17, 15) is 14.4 Å². The molecule has 0 fully saturated rings. The molecule has 170 valence electrons. The van der Waals surface area contributed by atoms with Crippen LogP contribution in [0.15, 0.2) is 48.7 Å². The minimum absolute atomic E-state index is 0.0230. The largest absolute Gasteiger partial charge is 0.350 e. The molecule has 0 spiro atoms. The summed E-state index contributed by atoms with van der Waals surface area (Å²) in [6.07, 6.45) is 2.20. The van der Waals surface area contributed by atoms with Gasteiger partial charge in [-0.15, -0.1) is 0 Å². The van der Waals surface area contributed by atoms with Gasteiger partial charge in [-0.25, -0.2) is 9.78 Å². The highest BCUT2D eigenvalue weighted by atomic mass is 32.1. The standard InChI is InChI=1S/C23H24N6O3S/c1-14(2)25-20(30)15-7-3-4-8-16(15)26-22(32)28-23-27-17-10-12-29(13-19(17)33-23)21(31)18-9-5-6-11-24-18/h3-9,11,14H,10,12-13H2,1-2H3,(H,25,30)(H2,26,27,28,32). The highest BCUT2D eigenvalue weighted by molar-refractivity contribution is 7.15. The molecule has 4 amide bonds. The molecular weight excluding hydrogens is 440 g/mol. The van der Waals surface area contributed by atoms with Crippen LogP contribution in [0.25, 0.3) is 0 Å². The quantitative estimate of drug-likeness (QED) is 0.534. The van der Waals surface area contributed by atoms with E-state index in [1.54, 1.807) is 53.6 Å². The first-order chi connectivity index (χ1) is 15.9. The smallest absolute Gasteiger partial charge is 0.325 e. The minimum atomic E-state index is -0.493. The van der Waals surface area contributed by atoms with Gasteiger partial charge in [0.2, 0.25) is 0 Å². The van der Waals surface area contributed by atoms with Gasteiger partial charge in [-0.05, 0) is 38.1 Å². The molecule has 1 aliphatic heterocycles. The summed E-state index contributed by atoms with van der Waals surface area (Å²) in [5, 5.41) is 8.73. The third-order valence-corrected chi connectivity index (χ3v) is 5.96. The number of hydrogen-bond donors (Lipinski definition) is 3. The van der Waals surface area contributed by atoms with Crippen molar-refractivity contribution in [1.29, 1.82) is 0 Å². The maximum atomic E-state index is 12.7. The van der Waals surface area contributed by atoms with Crippen LogP contribution in [0, 0.1) is 0 Å². The van der Waals surface area contributed by atoms with Crippen LogP contribution in [0.5, 0.6) is 0 Å². The van der Waals surface area contributed by atoms with Gasteiger partial charge in [-0.1, -0.05) is 29.5 Å². The Bertz CT molecular complexity index is 1180. The van der Waals surface area contributed by atoms with E-state index in [1.165, 1.54) is 11.3 Å². The van der Waals surface area contributed by atoms with Crippen LogP contribution >= 0.6 is 11.3 Å². The molecule has 10 heteroatoms. The van der Waals surface area contributed by atoms with E-state index in [1.807, 2.05) is 13.8 Å². The van der Waals surface area contributed by atoms with Crippen molar-refractivity contribution in [3.05, 3.63) is 70.5 Å². The van der Waals surface area contributed by atoms with Gasteiger partial charge in [0, 0.05) is 30.1 Å². The molecule has 3 N–H and O–H groups in total. The summed E-state index contributed by atoms with van der Waals surface area (Å²) in [5.74, 6) is -0.388. The molecule has 3 heterocycles. The molecule has 0 aliphatic carbocycles. The fourth-order valence-electron chi connectivity index (χ4n) is 3.45. The van der Waals surface area contributed by atoms with E-state index in [2.05, 4.69) is 25.9 Å². The second-order valence-electron chi connectivity index (χ2n) is 7.83. The van der Waals surface area contributed by atoms with Gasteiger partial charge in [0.25, 0.3) is 11.8 Å². The highest BCUT2D eigenvalue weighted by Crippen LogP contribution is 2.29. The minimum Gasteiger partial charge on any atom is -0.350 e. The zero-order valence-corrected chi connectivity index (χ0v) is 19.1. The first kappa shape index (κ1) is 22.4. The topological polar surface area (TPSA) is 116 Å². The number of carbonyl (C=O) groups excluding carboxylic acids is 3. The van der Waals surface area contributed by atoms with E-state index in [0.29, 0.717) is 41.6 Å². The molecule has 33 heavy (non-hydrogen) atoms. The van der Waals surface area contributed by atoms with E-state index in [-0.39, 0.29) is 17.9 Å². The molecule has 4 rings (SSSR count). The number of para-hydroxylation sites is 1. The Kier molecular flexibility index (Phi) is 6.64. The molecular formula is C23H24N6O3S. The second-order valence-corrected chi connectivity index (χ2v) is 8.92. The van der Waals surface area contributed by atoms with Crippen molar-refractivity contribution in [2.45, 2.75) is 32.9 Å². The van der Waals surface area contributed by atoms with Gasteiger partial charge in [-0.2, -0.15) is 0 Å². The average Bonchev–Trinajstić information content (AvgIpc) is 3.20. The number of benzene rings is 1. The van der Waals surface area contributed by atoms with Crippen molar-refractivity contribution in [2.24, 2.45) is 0 Å². The lowest BCUT2D eigenvalue weighted by Crippen LogP contribution is -2.35. The van der Waals surface area contributed by atoms with Crippen LogP contribution in [0.2, 0.25) is 0 Å². The molecule has 1 aliphatic rings. The number of urea groups is 1. The Morgan fingerprint density at radius 1 is 1.06 bits per heavy atom. The average molecular weight is 465 g/mol. The highest BCUT2D eigenvalue weighted by Gasteiger charge is 2.26. The lowest BCUT2D eigenvalue weighted by atomic mass is 10.1. The van der Waals surface area contributed by atoms with E-state index < -0.39 is 6.03 Å². The molecule has 0 saturated heterocycles. The summed E-state index contributed by atoms with van der Waals surface area (Å²) in [5.41, 5.74) is 2.06. The Morgan fingerprint density at radius 3 is 2.61 bits per heavy atom. The number of pyridine rings is 1. The zero-order chi connectivity index (χ0) is 23.4. The number of amides is 4. The van der Waals surface area contributed by atoms with Crippen LogP contribution in [-0.4, -0.2) is 45.3 Å². The number of nitrogens with one attached hydrogen (secondary N) is 3. The van der Waals surface area contributed by atoms with Crippen molar-refractivity contribution >= 4 is 40.0 Å². The molecule has 3 aromatic rings. The fourth-order valence-corrected chi connectivity index (χ4v) is 4.47. The van der Waals surface area contributed by atoms with Gasteiger partial charge in [0.15, 0.2) is 5.13 Å². The molecule has 1 aromatic carbocycles. The van der Waals surface area contributed by atoms with E-state index >= 15 is 0 Å². The monoisotopic (exact) mass is 464 g/mol. The summed E-state index contributed by atoms with van der Waals surface area (Å²) in [7, 11) is 0. The molecule has 0 unspecified atom stereocenters. The first-order valence-corrected chi connectivity index (χ1v) is 11.4. The molecule has 9 nitrogen and oxygen atoms in total. The SMILES string of the molecule is CC(C)NC(=O)c1ccccc1NC(=O)Nc1nc2c(s1)CN(C(=O)c1ccccn1)CC2. The number of aromatic nitrogens is 2. The summed E-state index contributed by atoms with van der Waals surface area (Å²) in [4.78, 5) is 49.0. The Hall–Kier alpha value is -3.79. The lowest BCUT2D eigenvalue weighted by molar-refractivity contribution is 0.0730. The van der Waals surface area contributed by atoms with Crippen molar-refractivity contribution < 1.29 is 14.4 Å². The number of anilines is 2. The lowest BCUT2D eigenvalue weighted by Gasteiger charge is -2.25. The predicted octanol–water partition coefficient (Wildman–Crippen LogP) is 3.52. The number of carbonyl (C=O) groups is 3. The Labute approximate surface area is 195 Å². The van der Waals surface area contributed by atoms with Crippen LogP contribution in [-0.2, 0) is 13.0 Å². The number of hydrogen-bond acceptors (Lipinski definition) is 6. The summed E-state index contributed by atoms with van der Waals surface area (Å²) in [6, 6.07) is 11.5. The van der Waals surface area contributed by atoms with E-state index in [4.69, 9.17) is 0 Å². The van der Waals surface area contributed by atoms with E-state index in [0.717, 1.165) is 10.6 Å². The van der Waals surface area contributed by atoms with Crippen molar-refractivity contribution in [2.75, 3.05) is 17.2 Å². The molecule has 0 bridgehead atoms. The second kappa shape index (κ2) is 9.78. The fraction of sp³-hybridized carbons (Fsp3) is 0.261. The van der Waals surface area contributed by atoms with Gasteiger partial charge in [0.1, 0.15) is 5.69 Å². The van der Waals surface area contributed by atoms with Crippen molar-refractivity contribution in [1.82, 2.24) is 20.2 Å². The van der Waals surface area contributed by atoms with Gasteiger partial charge in [0.05, 0.1) is 23.5 Å². The Morgan fingerprint density at radius 2 is 1.85 bits per heavy atom. The molecule has 0 atom stereocenters. The van der Waals surface area contributed by atoms with Crippen molar-refractivity contribution in [3.63, 3.8) is 0 Å². The molecule has 0 radical (unpaired) electrons. The van der Waals surface area contributed by atoms with Crippen LogP contribution in [0.3, 0.4) is 0 Å². The summed E-state index contributed by atoms with van der Waals surface area (Å²) in [6.45, 7) is 4.70. The number of rotatable bonds is 5. The van der Waals surface area contributed by atoms with Gasteiger partial charge >= 0.3 is 6.03 Å². The van der Waals surface area contributed by atoms with Crippen LogP contribution < -0.4 is 16.0 Å². The van der Waals surface area contributed by atoms with Crippen LogP contribution in [0.1, 0.15) is 45.3 Å². The van der Waals surface area contributed by atoms with Gasteiger partial charge in [-0.3, -0.25) is 19.9 Å². The molecule has 2 aromatic heterocycles. The number of nitrogens with zero attached hydrogens (tertiary/aromatic N) is 3. The van der Waals surface area contributed by atoms with Crippen molar-refractivity contribution in [3.8, 4) is 0 Å². The first-order valence-electron chi connectivity index (χ1n) is 10.6. The normalized spacial score (nSPS) is 12.8. The maximum absolute atomic E-state index is 12.7. The van der Waals surface area contributed by atoms with Gasteiger partial charge < -0.3 is 15.5 Å².